The summed E-state index contributed by atoms with van der Waals surface area (Å²) in [6.07, 6.45) is 5.24. The van der Waals surface area contributed by atoms with Crippen LogP contribution in [-0.4, -0.2) is 51.0 Å². The minimum Gasteiger partial charge on any atom is -0.339 e. The van der Waals surface area contributed by atoms with Crippen molar-refractivity contribution >= 4 is 33.2 Å². The van der Waals surface area contributed by atoms with Gasteiger partial charge >= 0.3 is 0 Å². The van der Waals surface area contributed by atoms with Gasteiger partial charge in [0.2, 0.25) is 15.9 Å². The Morgan fingerprint density at radius 2 is 1.68 bits per heavy atom. The monoisotopic (exact) mass is 443 g/mol. The molecule has 0 aliphatic carbocycles. The predicted molar refractivity (Wildman–Crippen MR) is 123 cm³/mol. The van der Waals surface area contributed by atoms with Crippen LogP contribution in [-0.2, 0) is 14.8 Å². The number of anilines is 2. The molecule has 1 aliphatic heterocycles. The molecule has 0 saturated carbocycles. The summed E-state index contributed by atoms with van der Waals surface area (Å²) in [6, 6.07) is 13.8. The number of aryl methyl sites for hydroxylation is 1. The van der Waals surface area contributed by atoms with Crippen LogP contribution in [0, 0.1) is 6.92 Å². The molecule has 0 bridgehead atoms. The molecule has 0 radical (unpaired) electrons. The summed E-state index contributed by atoms with van der Waals surface area (Å²) in [4.78, 5) is 27.7. The van der Waals surface area contributed by atoms with E-state index in [1.165, 1.54) is 0 Å². The maximum atomic E-state index is 13.1. The lowest BCUT2D eigenvalue weighted by molar-refractivity contribution is -0.114. The Labute approximate surface area is 184 Å². The lowest BCUT2D eigenvalue weighted by Crippen LogP contribution is -2.38. The molecule has 1 heterocycles. The Kier molecular flexibility index (Phi) is 7.33. The normalized spacial score (nSPS) is 14.6. The molecule has 166 valence electrons. The average Bonchev–Trinajstić information content (AvgIpc) is 3.01. The largest absolute Gasteiger partial charge is 0.339 e. The third-order valence-corrected chi connectivity index (χ3v) is 6.44. The van der Waals surface area contributed by atoms with Crippen LogP contribution in [0.25, 0.3) is 0 Å². The lowest BCUT2D eigenvalue weighted by atomic mass is 10.1. The van der Waals surface area contributed by atoms with Gasteiger partial charge in [-0.05, 0) is 49.6 Å². The Morgan fingerprint density at radius 3 is 2.32 bits per heavy atom. The maximum absolute atomic E-state index is 13.1. The quantitative estimate of drug-likeness (QED) is 0.741. The highest BCUT2D eigenvalue weighted by Gasteiger charge is 2.24. The first-order valence-electron chi connectivity index (χ1n) is 10.5. The summed E-state index contributed by atoms with van der Waals surface area (Å²) in [5.74, 6) is -0.625. The number of sulfonamides is 1. The molecule has 7 nitrogen and oxygen atoms in total. The summed E-state index contributed by atoms with van der Waals surface area (Å²) < 4.78 is 25.7. The van der Waals surface area contributed by atoms with E-state index in [9.17, 15) is 18.0 Å². The van der Waals surface area contributed by atoms with E-state index in [-0.39, 0.29) is 12.5 Å². The number of amides is 2. The van der Waals surface area contributed by atoms with Gasteiger partial charge < -0.3 is 10.2 Å². The van der Waals surface area contributed by atoms with Crippen LogP contribution in [0.4, 0.5) is 11.4 Å². The zero-order valence-corrected chi connectivity index (χ0v) is 18.8. The van der Waals surface area contributed by atoms with Crippen molar-refractivity contribution in [3.05, 3.63) is 59.7 Å². The minimum absolute atomic E-state index is 0.114. The maximum Gasteiger partial charge on any atom is 0.255 e. The smallest absolute Gasteiger partial charge is 0.255 e. The minimum atomic E-state index is -3.67. The van der Waals surface area contributed by atoms with Gasteiger partial charge in [-0.3, -0.25) is 13.9 Å². The van der Waals surface area contributed by atoms with Crippen molar-refractivity contribution < 1.29 is 18.0 Å². The highest BCUT2D eigenvalue weighted by Crippen LogP contribution is 2.22. The van der Waals surface area contributed by atoms with E-state index in [0.717, 1.165) is 41.8 Å². The summed E-state index contributed by atoms with van der Waals surface area (Å²) >= 11 is 0. The topological polar surface area (TPSA) is 86.8 Å². The number of hydrogen-bond acceptors (Lipinski definition) is 4. The summed E-state index contributed by atoms with van der Waals surface area (Å²) in [5.41, 5.74) is 2.12. The van der Waals surface area contributed by atoms with Gasteiger partial charge in [0.1, 0.15) is 6.54 Å². The highest BCUT2D eigenvalue weighted by molar-refractivity contribution is 7.92. The van der Waals surface area contributed by atoms with Crippen LogP contribution in [0.3, 0.4) is 0 Å². The molecule has 0 aromatic heterocycles. The number of carbonyl (C=O) groups excluding carboxylic acids is 2. The summed E-state index contributed by atoms with van der Waals surface area (Å²) in [5, 5.41) is 2.74. The van der Waals surface area contributed by atoms with Gasteiger partial charge in [-0.25, -0.2) is 8.42 Å². The second-order valence-corrected chi connectivity index (χ2v) is 9.82. The molecule has 31 heavy (non-hydrogen) atoms. The van der Waals surface area contributed by atoms with E-state index in [1.807, 2.05) is 17.9 Å². The molecule has 0 atom stereocenters. The van der Waals surface area contributed by atoms with Gasteiger partial charge in [-0.2, -0.15) is 0 Å². The first-order chi connectivity index (χ1) is 14.8. The molecule has 1 saturated heterocycles. The van der Waals surface area contributed by atoms with Crippen LogP contribution in [0.15, 0.2) is 48.5 Å². The fourth-order valence-corrected chi connectivity index (χ4v) is 4.57. The molecule has 0 spiro atoms. The van der Waals surface area contributed by atoms with Crippen molar-refractivity contribution in [1.82, 2.24) is 4.90 Å². The second-order valence-electron chi connectivity index (χ2n) is 7.91. The Morgan fingerprint density at radius 1 is 1.00 bits per heavy atom. The lowest BCUT2D eigenvalue weighted by Gasteiger charge is -2.24. The number of hydrogen-bond donors (Lipinski definition) is 1. The number of likely N-dealkylation sites (tertiary alicyclic amines) is 1. The molecule has 3 rings (SSSR count). The Bertz CT molecular complexity index is 1040. The fraction of sp³-hybridized carbons (Fsp3) is 0.391. The number of para-hydroxylation sites is 1. The highest BCUT2D eigenvalue weighted by atomic mass is 32.2. The number of nitrogens with one attached hydrogen (secondary N) is 1. The van der Waals surface area contributed by atoms with Crippen LogP contribution in [0.2, 0.25) is 0 Å². The molecule has 1 aliphatic rings. The molecule has 1 N–H and O–H groups in total. The number of carbonyl (C=O) groups is 2. The van der Waals surface area contributed by atoms with Crippen molar-refractivity contribution in [2.45, 2.75) is 32.6 Å². The van der Waals surface area contributed by atoms with Gasteiger partial charge in [0.25, 0.3) is 5.91 Å². The number of rotatable bonds is 6. The number of nitrogens with zero attached hydrogens (tertiary/aromatic N) is 2. The molecule has 2 aromatic carbocycles. The Balaban J connectivity index is 1.79. The predicted octanol–water partition coefficient (Wildman–Crippen LogP) is 3.42. The van der Waals surface area contributed by atoms with Crippen molar-refractivity contribution in [1.29, 1.82) is 0 Å². The van der Waals surface area contributed by atoms with Crippen LogP contribution in [0.5, 0.6) is 0 Å². The van der Waals surface area contributed by atoms with E-state index in [4.69, 9.17) is 0 Å². The second kappa shape index (κ2) is 9.96. The van der Waals surface area contributed by atoms with Crippen molar-refractivity contribution in [3.63, 3.8) is 0 Å². The van der Waals surface area contributed by atoms with E-state index < -0.39 is 15.9 Å². The molecular weight excluding hydrogens is 414 g/mol. The zero-order valence-electron chi connectivity index (χ0n) is 18.0. The first kappa shape index (κ1) is 22.8. The molecule has 2 amide bonds. The van der Waals surface area contributed by atoms with Crippen LogP contribution in [0.1, 0.15) is 41.6 Å². The molecule has 1 fully saturated rings. The molecule has 8 heteroatoms. The third kappa shape index (κ3) is 6.07. The van der Waals surface area contributed by atoms with Crippen LogP contribution < -0.4 is 9.62 Å². The van der Waals surface area contributed by atoms with E-state index in [1.54, 1.807) is 42.5 Å². The fourth-order valence-electron chi connectivity index (χ4n) is 3.73. The van der Waals surface area contributed by atoms with Gasteiger partial charge in [0, 0.05) is 13.1 Å². The van der Waals surface area contributed by atoms with E-state index in [2.05, 4.69) is 5.32 Å². The van der Waals surface area contributed by atoms with Crippen molar-refractivity contribution in [2.24, 2.45) is 0 Å². The van der Waals surface area contributed by atoms with E-state index >= 15 is 0 Å². The summed E-state index contributed by atoms with van der Waals surface area (Å²) in [6.45, 7) is 2.88. The first-order valence-corrected chi connectivity index (χ1v) is 12.3. The van der Waals surface area contributed by atoms with Gasteiger partial charge in [0.15, 0.2) is 0 Å². The molecule has 2 aromatic rings. The third-order valence-electron chi connectivity index (χ3n) is 5.30. The van der Waals surface area contributed by atoms with Crippen molar-refractivity contribution in [2.75, 3.05) is 35.5 Å². The SMILES string of the molecule is Cc1cccc(N(CC(=O)Nc2ccccc2C(=O)N2CCCCCC2)S(C)(=O)=O)c1. The number of benzene rings is 2. The summed E-state index contributed by atoms with van der Waals surface area (Å²) in [7, 11) is -3.67. The van der Waals surface area contributed by atoms with Gasteiger partial charge in [-0.15, -0.1) is 0 Å². The Hall–Kier alpha value is -2.87. The van der Waals surface area contributed by atoms with Gasteiger partial charge in [0.05, 0.1) is 23.2 Å². The molecular formula is C23H29N3O4S. The van der Waals surface area contributed by atoms with Gasteiger partial charge in [-0.1, -0.05) is 37.1 Å². The van der Waals surface area contributed by atoms with E-state index in [0.29, 0.717) is 30.0 Å². The zero-order chi connectivity index (χ0) is 22.4. The average molecular weight is 444 g/mol. The standard InChI is InChI=1S/C23H29N3O4S/c1-18-10-9-11-19(16-18)26(31(2,29)30)17-22(27)24-21-13-6-5-12-20(21)23(28)25-14-7-3-4-8-15-25/h5-6,9-13,16H,3-4,7-8,14-15,17H2,1-2H3,(H,24,27). The van der Waals surface area contributed by atoms with Crippen molar-refractivity contribution in [3.8, 4) is 0 Å². The van der Waals surface area contributed by atoms with Crippen LogP contribution >= 0.6 is 0 Å². The molecule has 0 unspecified atom stereocenters.